The van der Waals surface area contributed by atoms with Gasteiger partial charge < -0.3 is 11.1 Å². The number of anilines is 1. The van der Waals surface area contributed by atoms with Gasteiger partial charge in [0.25, 0.3) is 5.91 Å². The zero-order chi connectivity index (χ0) is 15.6. The van der Waals surface area contributed by atoms with Gasteiger partial charge in [-0.3, -0.25) is 9.52 Å². The van der Waals surface area contributed by atoms with Gasteiger partial charge in [-0.1, -0.05) is 0 Å². The summed E-state index contributed by atoms with van der Waals surface area (Å²) in [6.45, 7) is 3.72. The Bertz CT molecular complexity index is 609. The third kappa shape index (κ3) is 5.54. The Hall–Kier alpha value is -1.67. The second kappa shape index (κ2) is 5.76. The van der Waals surface area contributed by atoms with Crippen LogP contribution in [0.3, 0.4) is 0 Å². The first-order valence-electron chi connectivity index (χ1n) is 5.82. The average Bonchev–Trinajstić information content (AvgIpc) is 2.26. The number of hydrogen-bond donors (Lipinski definition) is 3. The van der Waals surface area contributed by atoms with Crippen molar-refractivity contribution in [1.29, 1.82) is 0 Å². The minimum Gasteiger partial charge on any atom is -0.350 e. The van der Waals surface area contributed by atoms with E-state index in [9.17, 15) is 17.6 Å². The Morgan fingerprint density at radius 2 is 2.00 bits per heavy atom. The highest BCUT2D eigenvalue weighted by molar-refractivity contribution is 7.92. The van der Waals surface area contributed by atoms with Crippen LogP contribution >= 0.6 is 0 Å². The van der Waals surface area contributed by atoms with Crippen LogP contribution in [-0.2, 0) is 10.0 Å². The van der Waals surface area contributed by atoms with Crippen LogP contribution in [0, 0.1) is 5.82 Å². The molecule has 0 aliphatic heterocycles. The first kappa shape index (κ1) is 16.4. The van der Waals surface area contributed by atoms with Gasteiger partial charge in [0, 0.05) is 17.6 Å². The molecule has 1 aromatic rings. The van der Waals surface area contributed by atoms with Crippen LogP contribution in [0.4, 0.5) is 10.1 Å². The minimum atomic E-state index is -3.62. The lowest BCUT2D eigenvalue weighted by atomic mass is 10.1. The molecule has 20 heavy (non-hydrogen) atoms. The Balaban J connectivity index is 2.92. The molecule has 0 heterocycles. The Labute approximate surface area is 117 Å². The minimum absolute atomic E-state index is 0.141. The molecule has 0 saturated carbocycles. The van der Waals surface area contributed by atoms with Gasteiger partial charge in [-0.25, -0.2) is 12.8 Å². The van der Waals surface area contributed by atoms with Crippen molar-refractivity contribution in [3.05, 3.63) is 29.6 Å². The summed E-state index contributed by atoms with van der Waals surface area (Å²) in [6, 6.07) is 3.42. The number of halogens is 1. The van der Waals surface area contributed by atoms with Crippen molar-refractivity contribution in [3.8, 4) is 0 Å². The fourth-order valence-corrected chi connectivity index (χ4v) is 1.91. The van der Waals surface area contributed by atoms with E-state index in [1.165, 1.54) is 6.07 Å². The van der Waals surface area contributed by atoms with E-state index in [0.717, 1.165) is 18.4 Å². The average molecular weight is 303 g/mol. The second-order valence-electron chi connectivity index (χ2n) is 5.24. The molecule has 0 fully saturated rings. The van der Waals surface area contributed by atoms with Crippen LogP contribution in [0.1, 0.15) is 24.2 Å². The van der Waals surface area contributed by atoms with E-state index >= 15 is 0 Å². The molecule has 1 amide bonds. The monoisotopic (exact) mass is 303 g/mol. The first-order valence-corrected chi connectivity index (χ1v) is 7.71. The van der Waals surface area contributed by atoms with Crippen molar-refractivity contribution < 1.29 is 17.6 Å². The molecule has 1 aromatic carbocycles. The van der Waals surface area contributed by atoms with E-state index in [1.54, 1.807) is 13.8 Å². The summed E-state index contributed by atoms with van der Waals surface area (Å²) in [5.41, 5.74) is 5.02. The third-order valence-corrected chi connectivity index (χ3v) is 2.82. The molecule has 0 aromatic heterocycles. The van der Waals surface area contributed by atoms with Crippen molar-refractivity contribution in [1.82, 2.24) is 5.32 Å². The molecule has 1 rings (SSSR count). The number of sulfonamides is 1. The maximum Gasteiger partial charge on any atom is 0.251 e. The molecule has 0 aliphatic rings. The molecule has 0 atom stereocenters. The Kier molecular flexibility index (Phi) is 4.72. The summed E-state index contributed by atoms with van der Waals surface area (Å²) in [6.07, 6.45) is 0.899. The summed E-state index contributed by atoms with van der Waals surface area (Å²) in [5.74, 6) is -1.22. The van der Waals surface area contributed by atoms with Crippen molar-refractivity contribution in [2.24, 2.45) is 5.73 Å². The van der Waals surface area contributed by atoms with Gasteiger partial charge in [0.15, 0.2) is 0 Å². The lowest BCUT2D eigenvalue weighted by molar-refractivity contribution is 0.0946. The van der Waals surface area contributed by atoms with E-state index in [0.29, 0.717) is 0 Å². The lowest BCUT2D eigenvalue weighted by Gasteiger charge is -2.19. The number of carbonyl (C=O) groups is 1. The van der Waals surface area contributed by atoms with Gasteiger partial charge in [0.05, 0.1) is 11.9 Å². The van der Waals surface area contributed by atoms with Crippen LogP contribution in [-0.4, -0.2) is 32.7 Å². The van der Waals surface area contributed by atoms with E-state index in [2.05, 4.69) is 5.32 Å². The fourth-order valence-electron chi connectivity index (χ4n) is 1.35. The zero-order valence-electron chi connectivity index (χ0n) is 11.5. The summed E-state index contributed by atoms with van der Waals surface area (Å²) in [5, 5.41) is 2.58. The number of nitrogens with one attached hydrogen (secondary N) is 2. The zero-order valence-corrected chi connectivity index (χ0v) is 12.3. The van der Waals surface area contributed by atoms with Gasteiger partial charge in [-0.2, -0.15) is 0 Å². The van der Waals surface area contributed by atoms with Gasteiger partial charge in [0.2, 0.25) is 10.0 Å². The third-order valence-electron chi connectivity index (χ3n) is 2.23. The molecular weight excluding hydrogens is 285 g/mol. The summed E-state index contributed by atoms with van der Waals surface area (Å²) in [7, 11) is -3.62. The molecule has 0 bridgehead atoms. The first-order chi connectivity index (χ1) is 8.98. The number of benzene rings is 1. The van der Waals surface area contributed by atoms with Crippen molar-refractivity contribution in [3.63, 3.8) is 0 Å². The normalized spacial score (nSPS) is 12.1. The molecular formula is C12H18FN3O3S. The van der Waals surface area contributed by atoms with Crippen molar-refractivity contribution >= 4 is 21.6 Å². The summed E-state index contributed by atoms with van der Waals surface area (Å²) >= 11 is 0. The molecule has 4 N–H and O–H groups in total. The topological polar surface area (TPSA) is 101 Å². The SMILES string of the molecule is CC(C)(N)CNC(=O)c1ccc(F)c(NS(C)(=O)=O)c1. The van der Waals surface area contributed by atoms with Crippen LogP contribution in [0.5, 0.6) is 0 Å². The highest BCUT2D eigenvalue weighted by atomic mass is 32.2. The molecule has 6 nitrogen and oxygen atoms in total. The number of carbonyl (C=O) groups excluding carboxylic acids is 1. The molecule has 112 valence electrons. The van der Waals surface area contributed by atoms with Crippen molar-refractivity contribution in [2.75, 3.05) is 17.5 Å². The predicted octanol–water partition coefficient (Wildman–Crippen LogP) is 0.664. The number of hydrogen-bond acceptors (Lipinski definition) is 4. The van der Waals surface area contributed by atoms with Crippen LogP contribution < -0.4 is 15.8 Å². The fraction of sp³-hybridized carbons (Fsp3) is 0.417. The maximum atomic E-state index is 13.5. The van der Waals surface area contributed by atoms with E-state index < -0.39 is 27.3 Å². The summed E-state index contributed by atoms with van der Waals surface area (Å²) in [4.78, 5) is 11.9. The largest absolute Gasteiger partial charge is 0.350 e. The van der Waals surface area contributed by atoms with Gasteiger partial charge >= 0.3 is 0 Å². The molecule has 0 aliphatic carbocycles. The number of rotatable bonds is 5. The van der Waals surface area contributed by atoms with Gasteiger partial charge in [-0.15, -0.1) is 0 Å². The van der Waals surface area contributed by atoms with Gasteiger partial charge in [-0.05, 0) is 32.0 Å². The van der Waals surface area contributed by atoms with Crippen molar-refractivity contribution in [2.45, 2.75) is 19.4 Å². The quantitative estimate of drug-likeness (QED) is 0.744. The van der Waals surface area contributed by atoms with Crippen LogP contribution in [0.2, 0.25) is 0 Å². The highest BCUT2D eigenvalue weighted by Gasteiger charge is 2.15. The molecule has 0 saturated heterocycles. The molecule has 0 unspecified atom stereocenters. The molecule has 0 radical (unpaired) electrons. The Morgan fingerprint density at radius 1 is 1.40 bits per heavy atom. The maximum absolute atomic E-state index is 13.5. The Morgan fingerprint density at radius 3 is 2.50 bits per heavy atom. The van der Waals surface area contributed by atoms with Gasteiger partial charge in [0.1, 0.15) is 5.82 Å². The smallest absolute Gasteiger partial charge is 0.251 e. The number of nitrogens with two attached hydrogens (primary N) is 1. The molecule has 0 spiro atoms. The highest BCUT2D eigenvalue weighted by Crippen LogP contribution is 2.17. The molecule has 8 heteroatoms. The standard InChI is InChI=1S/C12H18FN3O3S/c1-12(2,14)7-15-11(17)8-4-5-9(13)10(6-8)16-20(3,18)19/h4-6,16H,7,14H2,1-3H3,(H,15,17). The van der Waals surface area contributed by atoms with Crippen LogP contribution in [0.15, 0.2) is 18.2 Å². The van der Waals surface area contributed by atoms with E-state index in [4.69, 9.17) is 5.73 Å². The summed E-state index contributed by atoms with van der Waals surface area (Å²) < 4.78 is 37.7. The van der Waals surface area contributed by atoms with E-state index in [-0.39, 0.29) is 17.8 Å². The predicted molar refractivity (Wildman–Crippen MR) is 75.5 cm³/mol. The van der Waals surface area contributed by atoms with Crippen LogP contribution in [0.25, 0.3) is 0 Å². The van der Waals surface area contributed by atoms with E-state index in [1.807, 2.05) is 4.72 Å². The lowest BCUT2D eigenvalue weighted by Crippen LogP contribution is -2.45. The second-order valence-corrected chi connectivity index (χ2v) is 6.99. The number of amides is 1.